The van der Waals surface area contributed by atoms with Crippen molar-refractivity contribution < 1.29 is 18.9 Å². The van der Waals surface area contributed by atoms with Crippen molar-refractivity contribution in [2.75, 3.05) is 7.05 Å². The number of carbonyl (C=O) groups is 2. The summed E-state index contributed by atoms with van der Waals surface area (Å²) in [5.74, 6) is -1.59. The summed E-state index contributed by atoms with van der Waals surface area (Å²) < 4.78 is 12.8. The summed E-state index contributed by atoms with van der Waals surface area (Å²) in [6, 6.07) is 12.8. The Kier molecular flexibility index (Phi) is 5.06. The Labute approximate surface area is 130 Å². The molecule has 2 rings (SSSR count). The lowest BCUT2D eigenvalue weighted by atomic mass is 10.1. The Hall–Kier alpha value is -2.47. The van der Waals surface area contributed by atoms with Crippen LogP contribution in [0.2, 0.25) is 0 Å². The Morgan fingerprint density at radius 3 is 2.27 bits per heavy atom. The van der Waals surface area contributed by atoms with Gasteiger partial charge in [0.05, 0.1) is 28.1 Å². The van der Waals surface area contributed by atoms with Crippen molar-refractivity contribution in [2.24, 2.45) is 0 Å². The number of carbonyl (C=O) groups excluding carboxylic acids is 2. The topological polar surface area (TPSA) is 86.3 Å². The molecule has 0 unspecified atom stereocenters. The van der Waals surface area contributed by atoms with Crippen LogP contribution in [0.25, 0.3) is 0 Å². The first-order chi connectivity index (χ1) is 10.5. The van der Waals surface area contributed by atoms with Crippen molar-refractivity contribution >= 4 is 22.7 Å². The average molecular weight is 316 g/mol. The number of rotatable bonds is 5. The van der Waals surface area contributed by atoms with E-state index in [4.69, 9.17) is 0 Å². The van der Waals surface area contributed by atoms with E-state index in [9.17, 15) is 18.9 Å². The lowest BCUT2D eigenvalue weighted by Crippen LogP contribution is -2.24. The van der Waals surface area contributed by atoms with Gasteiger partial charge in [0.2, 0.25) is 5.91 Å². The van der Waals surface area contributed by atoms with Crippen LogP contribution in [-0.2, 0) is 22.0 Å². The molecule has 0 aliphatic carbocycles. The first-order valence-electron chi connectivity index (χ1n) is 6.55. The van der Waals surface area contributed by atoms with Gasteiger partial charge in [-0.25, -0.2) is 4.21 Å². The van der Waals surface area contributed by atoms with Gasteiger partial charge in [0.1, 0.15) is 0 Å². The molecule has 0 aromatic heterocycles. The van der Waals surface area contributed by atoms with Gasteiger partial charge in [-0.2, -0.15) is 0 Å². The second-order valence-corrected chi connectivity index (χ2v) is 5.93. The lowest BCUT2D eigenvalue weighted by Gasteiger charge is -2.12. The summed E-state index contributed by atoms with van der Waals surface area (Å²) in [6.07, 6.45) is 0.0753. The number of aromatic carboxylic acids is 1. The largest absolute Gasteiger partial charge is 0.545 e. The molecular formula is C16H14NO4S-. The number of carboxylic acid groups (broad SMARTS) is 1. The van der Waals surface area contributed by atoms with Gasteiger partial charge >= 0.3 is 0 Å². The molecule has 2 aromatic carbocycles. The number of likely N-dealkylation sites (N-methyl/N-ethyl adjacent to an activating group) is 1. The van der Waals surface area contributed by atoms with E-state index in [1.807, 2.05) is 0 Å². The smallest absolute Gasteiger partial charge is 0.224 e. The predicted molar refractivity (Wildman–Crippen MR) is 79.7 cm³/mol. The second kappa shape index (κ2) is 7.00. The van der Waals surface area contributed by atoms with Crippen LogP contribution in [0, 0.1) is 0 Å². The number of amides is 1. The molecule has 114 valence electrons. The zero-order valence-corrected chi connectivity index (χ0v) is 12.7. The minimum Gasteiger partial charge on any atom is -0.545 e. The van der Waals surface area contributed by atoms with Crippen LogP contribution in [0.5, 0.6) is 0 Å². The first kappa shape index (κ1) is 15.9. The highest BCUT2D eigenvalue weighted by Crippen LogP contribution is 2.23. The third-order valence-electron chi connectivity index (χ3n) is 3.11. The molecule has 0 aliphatic heterocycles. The molecule has 0 aliphatic rings. The Morgan fingerprint density at radius 2 is 1.64 bits per heavy atom. The molecule has 0 spiro atoms. The normalized spacial score (nSPS) is 11.7. The van der Waals surface area contributed by atoms with E-state index in [1.54, 1.807) is 36.4 Å². The zero-order valence-electron chi connectivity index (χ0n) is 11.9. The summed E-state index contributed by atoms with van der Waals surface area (Å²) in [4.78, 5) is 23.3. The molecule has 2 aromatic rings. The molecule has 1 atom stereocenters. The second-order valence-electron chi connectivity index (χ2n) is 4.51. The fraction of sp³-hybridized carbons (Fsp3) is 0.125. The highest BCUT2D eigenvalue weighted by Gasteiger charge is 2.16. The maximum Gasteiger partial charge on any atom is 0.224 e. The van der Waals surface area contributed by atoms with Gasteiger partial charge in [0.15, 0.2) is 0 Å². The Balaban J connectivity index is 2.47. The number of benzene rings is 2. The maximum absolute atomic E-state index is 12.8. The van der Waals surface area contributed by atoms with Crippen molar-refractivity contribution in [1.82, 2.24) is 5.32 Å². The first-order valence-corrected chi connectivity index (χ1v) is 7.70. The van der Waals surface area contributed by atoms with E-state index in [0.717, 1.165) is 0 Å². The molecule has 0 saturated carbocycles. The van der Waals surface area contributed by atoms with Gasteiger partial charge in [0.25, 0.3) is 0 Å². The lowest BCUT2D eigenvalue weighted by molar-refractivity contribution is -0.255. The van der Waals surface area contributed by atoms with Crippen LogP contribution >= 0.6 is 0 Å². The van der Waals surface area contributed by atoms with E-state index in [0.29, 0.717) is 10.5 Å². The van der Waals surface area contributed by atoms with Crippen LogP contribution < -0.4 is 10.4 Å². The van der Waals surface area contributed by atoms with Crippen molar-refractivity contribution in [3.63, 3.8) is 0 Å². The highest BCUT2D eigenvalue weighted by atomic mass is 32.2. The molecule has 5 nitrogen and oxygen atoms in total. The molecule has 1 N–H and O–H groups in total. The molecule has 22 heavy (non-hydrogen) atoms. The standard InChI is InChI=1S/C16H15NO4S/c1-17-15(18)10-11-6-2-4-8-13(11)22(21)14-9-5-3-7-12(14)16(19)20/h2-9H,10H2,1H3,(H,17,18)(H,19,20)/p-1/t22-/m0/s1. The molecule has 6 heteroatoms. The Morgan fingerprint density at radius 1 is 1.05 bits per heavy atom. The van der Waals surface area contributed by atoms with E-state index >= 15 is 0 Å². The van der Waals surface area contributed by atoms with E-state index in [2.05, 4.69) is 5.32 Å². The van der Waals surface area contributed by atoms with E-state index in [1.165, 1.54) is 19.2 Å². The maximum atomic E-state index is 12.8. The van der Waals surface area contributed by atoms with Crippen LogP contribution in [0.4, 0.5) is 0 Å². The summed E-state index contributed by atoms with van der Waals surface area (Å²) in [5.41, 5.74) is 0.476. The predicted octanol–water partition coefficient (Wildman–Crippen LogP) is 0.505. The van der Waals surface area contributed by atoms with Gasteiger partial charge in [-0.15, -0.1) is 0 Å². The highest BCUT2D eigenvalue weighted by molar-refractivity contribution is 7.85. The van der Waals surface area contributed by atoms with Gasteiger partial charge in [-0.05, 0) is 17.7 Å². The molecule has 0 bridgehead atoms. The Bertz CT molecular complexity index is 742. The quantitative estimate of drug-likeness (QED) is 0.870. The minimum absolute atomic E-state index is 0.0753. The van der Waals surface area contributed by atoms with Crippen molar-refractivity contribution in [1.29, 1.82) is 0 Å². The zero-order chi connectivity index (χ0) is 16.1. The fourth-order valence-corrected chi connectivity index (χ4v) is 3.38. The number of nitrogens with one attached hydrogen (secondary N) is 1. The van der Waals surface area contributed by atoms with Crippen LogP contribution in [-0.4, -0.2) is 23.1 Å². The van der Waals surface area contributed by atoms with Crippen LogP contribution in [0.3, 0.4) is 0 Å². The number of carboxylic acids is 1. The van der Waals surface area contributed by atoms with Crippen molar-refractivity contribution in [3.8, 4) is 0 Å². The monoisotopic (exact) mass is 316 g/mol. The van der Waals surface area contributed by atoms with Crippen LogP contribution in [0.15, 0.2) is 58.3 Å². The van der Waals surface area contributed by atoms with Gasteiger partial charge in [-0.3, -0.25) is 4.79 Å². The van der Waals surface area contributed by atoms with E-state index < -0.39 is 16.8 Å². The van der Waals surface area contributed by atoms with Crippen LogP contribution in [0.1, 0.15) is 15.9 Å². The number of hydrogen-bond acceptors (Lipinski definition) is 4. The SMILES string of the molecule is CNC(=O)Cc1ccccc1[S@](=O)c1ccccc1C(=O)[O-]. The molecule has 0 radical (unpaired) electrons. The third-order valence-corrected chi connectivity index (χ3v) is 4.66. The van der Waals surface area contributed by atoms with E-state index in [-0.39, 0.29) is 22.8 Å². The summed E-state index contributed by atoms with van der Waals surface area (Å²) in [6.45, 7) is 0. The average Bonchev–Trinajstić information content (AvgIpc) is 2.54. The summed E-state index contributed by atoms with van der Waals surface area (Å²) >= 11 is 0. The molecule has 0 fully saturated rings. The van der Waals surface area contributed by atoms with Gasteiger partial charge in [0, 0.05) is 17.5 Å². The molecule has 1 amide bonds. The number of hydrogen-bond donors (Lipinski definition) is 1. The summed E-state index contributed by atoms with van der Waals surface area (Å²) in [5, 5.41) is 13.7. The fourth-order valence-electron chi connectivity index (χ4n) is 2.01. The van der Waals surface area contributed by atoms with Gasteiger partial charge in [-0.1, -0.05) is 36.4 Å². The molecule has 0 heterocycles. The third kappa shape index (κ3) is 3.40. The minimum atomic E-state index is -1.71. The van der Waals surface area contributed by atoms with Crippen molar-refractivity contribution in [3.05, 3.63) is 59.7 Å². The van der Waals surface area contributed by atoms with Gasteiger partial charge < -0.3 is 15.2 Å². The van der Waals surface area contributed by atoms with Crippen molar-refractivity contribution in [2.45, 2.75) is 16.2 Å². The molecule has 0 saturated heterocycles. The molecular weight excluding hydrogens is 302 g/mol. The summed E-state index contributed by atoms with van der Waals surface area (Å²) in [7, 11) is -0.189.